The number of carbonyl (C=O) groups excluding carboxylic acids is 2. The molecule has 158 valence electrons. The fraction of sp³-hybridized carbons (Fsp3) is 0.0909. The van der Waals surface area contributed by atoms with Gasteiger partial charge in [0.1, 0.15) is 5.75 Å². The minimum Gasteiger partial charge on any atom is -0.422 e. The molecule has 0 aliphatic carbocycles. The van der Waals surface area contributed by atoms with Crippen LogP contribution < -0.4 is 4.74 Å². The van der Waals surface area contributed by atoms with E-state index in [1.165, 1.54) is 36.6 Å². The molecule has 3 rings (SSSR count). The van der Waals surface area contributed by atoms with Gasteiger partial charge in [0.05, 0.1) is 25.8 Å². The number of amides is 1. The van der Waals surface area contributed by atoms with E-state index < -0.39 is 26.5 Å². The zero-order valence-electron chi connectivity index (χ0n) is 16.7. The molecule has 1 atom stereocenters. The number of nitro groups is 1. The lowest BCUT2D eigenvalue weighted by Gasteiger charge is -2.11. The normalized spacial score (nSPS) is 12.5. The number of aryl methyl sites for hydroxylation is 1. The summed E-state index contributed by atoms with van der Waals surface area (Å²) in [5.74, 6) is -1.61. The molecule has 3 aromatic carbocycles. The summed E-state index contributed by atoms with van der Waals surface area (Å²) in [6.45, 7) is 1.64. The molecule has 8 nitrogen and oxygen atoms in total. The number of rotatable bonds is 5. The number of hydrogen-bond acceptors (Lipinski definition) is 6. The minimum atomic E-state index is -3.01. The highest BCUT2D eigenvalue weighted by atomic mass is 32.2. The molecular weight excluding hydrogens is 420 g/mol. The Hall–Kier alpha value is -3.85. The molecule has 0 aliphatic heterocycles. The number of esters is 1. The topological polar surface area (TPSA) is 116 Å². The number of hydrogen-bond donors (Lipinski definition) is 0. The molecule has 1 amide bonds. The van der Waals surface area contributed by atoms with E-state index in [-0.39, 0.29) is 22.6 Å². The maximum Gasteiger partial charge on any atom is 0.343 e. The zero-order chi connectivity index (χ0) is 22.6. The van der Waals surface area contributed by atoms with Crippen molar-refractivity contribution in [3.05, 3.63) is 99.6 Å². The van der Waals surface area contributed by atoms with E-state index in [0.717, 1.165) is 0 Å². The standard InChI is InChI=1S/C22H18N2O6S/c1-15-7-6-10-19(30-22(26)16-11-13-17(14-12-16)24(27)28)20(15)21(25)23-31(2,29)18-8-4-3-5-9-18/h3-14H,1-2H3. The molecule has 0 aliphatic rings. The summed E-state index contributed by atoms with van der Waals surface area (Å²) in [5, 5.41) is 10.8. The maximum atomic E-state index is 13.0. The second-order valence-electron chi connectivity index (χ2n) is 6.65. The van der Waals surface area contributed by atoms with Gasteiger partial charge in [0.25, 0.3) is 11.6 Å². The summed E-state index contributed by atoms with van der Waals surface area (Å²) in [4.78, 5) is 36.0. The van der Waals surface area contributed by atoms with Gasteiger partial charge in [0.15, 0.2) is 0 Å². The highest BCUT2D eigenvalue weighted by Crippen LogP contribution is 2.26. The van der Waals surface area contributed by atoms with Crippen molar-refractivity contribution in [2.45, 2.75) is 11.8 Å². The van der Waals surface area contributed by atoms with Gasteiger partial charge in [-0.25, -0.2) is 9.00 Å². The molecule has 0 saturated heterocycles. The van der Waals surface area contributed by atoms with Crippen LogP contribution >= 0.6 is 0 Å². The molecule has 0 bridgehead atoms. The van der Waals surface area contributed by atoms with E-state index in [4.69, 9.17) is 4.74 Å². The van der Waals surface area contributed by atoms with Gasteiger partial charge in [0.2, 0.25) is 0 Å². The molecule has 9 heteroatoms. The van der Waals surface area contributed by atoms with Crippen molar-refractivity contribution in [3.63, 3.8) is 0 Å². The first-order chi connectivity index (χ1) is 14.7. The molecule has 0 radical (unpaired) electrons. The van der Waals surface area contributed by atoms with Crippen LogP contribution in [0.3, 0.4) is 0 Å². The lowest BCUT2D eigenvalue weighted by atomic mass is 10.1. The molecule has 31 heavy (non-hydrogen) atoms. The molecular formula is C22H18N2O6S. The van der Waals surface area contributed by atoms with Gasteiger partial charge in [-0.15, -0.1) is 0 Å². The van der Waals surface area contributed by atoms with E-state index in [2.05, 4.69) is 4.36 Å². The minimum absolute atomic E-state index is 0.0169. The van der Waals surface area contributed by atoms with Gasteiger partial charge in [-0.3, -0.25) is 14.9 Å². The predicted octanol–water partition coefficient (Wildman–Crippen LogP) is 4.42. The van der Waals surface area contributed by atoms with Crippen molar-refractivity contribution in [2.24, 2.45) is 4.36 Å². The van der Waals surface area contributed by atoms with Gasteiger partial charge in [-0.2, -0.15) is 4.36 Å². The molecule has 0 saturated carbocycles. The van der Waals surface area contributed by atoms with Crippen LogP contribution in [-0.2, 0) is 9.73 Å². The Morgan fingerprint density at radius 1 is 0.968 bits per heavy atom. The van der Waals surface area contributed by atoms with Crippen LogP contribution in [0.2, 0.25) is 0 Å². The van der Waals surface area contributed by atoms with Crippen LogP contribution in [0.1, 0.15) is 26.3 Å². The van der Waals surface area contributed by atoms with Crippen molar-refractivity contribution in [3.8, 4) is 5.75 Å². The number of non-ortho nitro benzene ring substituents is 1. The number of ether oxygens (including phenoxy) is 1. The summed E-state index contributed by atoms with van der Waals surface area (Å²) in [7, 11) is -3.01. The Balaban J connectivity index is 1.94. The Labute approximate surface area is 178 Å². The Morgan fingerprint density at radius 3 is 2.23 bits per heavy atom. The zero-order valence-corrected chi connectivity index (χ0v) is 17.5. The lowest BCUT2D eigenvalue weighted by molar-refractivity contribution is -0.384. The molecule has 1 unspecified atom stereocenters. The Kier molecular flexibility index (Phi) is 6.26. The fourth-order valence-electron chi connectivity index (χ4n) is 2.81. The number of nitro benzene ring substituents is 1. The van der Waals surface area contributed by atoms with Gasteiger partial charge >= 0.3 is 5.97 Å². The summed E-state index contributed by atoms with van der Waals surface area (Å²) < 4.78 is 22.3. The van der Waals surface area contributed by atoms with Crippen LogP contribution in [0.25, 0.3) is 0 Å². The molecule has 3 aromatic rings. The highest BCUT2D eigenvalue weighted by Gasteiger charge is 2.21. The van der Waals surface area contributed by atoms with Gasteiger partial charge < -0.3 is 4.74 Å². The smallest absolute Gasteiger partial charge is 0.343 e. The first-order valence-electron chi connectivity index (χ1n) is 9.07. The fourth-order valence-corrected chi connectivity index (χ4v) is 3.98. The van der Waals surface area contributed by atoms with E-state index in [0.29, 0.717) is 10.5 Å². The second kappa shape index (κ2) is 8.88. The molecule has 0 aromatic heterocycles. The van der Waals surface area contributed by atoms with Crippen molar-refractivity contribution in [1.82, 2.24) is 0 Å². The Morgan fingerprint density at radius 2 is 1.61 bits per heavy atom. The first kappa shape index (κ1) is 21.8. The van der Waals surface area contributed by atoms with Gasteiger partial charge in [0, 0.05) is 23.3 Å². The van der Waals surface area contributed by atoms with Gasteiger partial charge in [-0.05, 0) is 42.8 Å². The SMILES string of the molecule is Cc1cccc(OC(=O)c2ccc([N+](=O)[O-])cc2)c1C(=O)N=S(C)(=O)c1ccccc1. The quantitative estimate of drug-likeness (QED) is 0.252. The third kappa shape index (κ3) is 5.01. The van der Waals surface area contributed by atoms with Crippen molar-refractivity contribution in [2.75, 3.05) is 6.26 Å². The van der Waals surface area contributed by atoms with Crippen LogP contribution in [-0.4, -0.2) is 27.3 Å². The van der Waals surface area contributed by atoms with Crippen molar-refractivity contribution >= 4 is 27.3 Å². The van der Waals surface area contributed by atoms with E-state index in [1.807, 2.05) is 0 Å². The highest BCUT2D eigenvalue weighted by molar-refractivity contribution is 7.93. The summed E-state index contributed by atoms with van der Waals surface area (Å²) in [6, 6.07) is 18.0. The average molecular weight is 438 g/mol. The van der Waals surface area contributed by atoms with Crippen LogP contribution in [0, 0.1) is 17.0 Å². The first-order valence-corrected chi connectivity index (χ1v) is 11.0. The van der Waals surface area contributed by atoms with Crippen LogP contribution in [0.5, 0.6) is 5.75 Å². The maximum absolute atomic E-state index is 13.0. The van der Waals surface area contributed by atoms with E-state index in [1.54, 1.807) is 49.4 Å². The summed E-state index contributed by atoms with van der Waals surface area (Å²) in [6.07, 6.45) is 1.36. The largest absolute Gasteiger partial charge is 0.422 e. The summed E-state index contributed by atoms with van der Waals surface area (Å²) in [5.41, 5.74) is 0.417. The molecule has 0 fully saturated rings. The van der Waals surface area contributed by atoms with E-state index >= 15 is 0 Å². The van der Waals surface area contributed by atoms with E-state index in [9.17, 15) is 23.9 Å². The molecule has 0 spiro atoms. The van der Waals surface area contributed by atoms with Crippen molar-refractivity contribution in [1.29, 1.82) is 0 Å². The number of nitrogens with zero attached hydrogens (tertiary/aromatic N) is 2. The van der Waals surface area contributed by atoms with Crippen LogP contribution in [0.4, 0.5) is 5.69 Å². The second-order valence-corrected chi connectivity index (χ2v) is 8.91. The third-order valence-electron chi connectivity index (χ3n) is 4.40. The molecule has 0 N–H and O–H groups in total. The van der Waals surface area contributed by atoms with Gasteiger partial charge in [-0.1, -0.05) is 30.3 Å². The van der Waals surface area contributed by atoms with Crippen molar-refractivity contribution < 1.29 is 23.5 Å². The van der Waals surface area contributed by atoms with Crippen LogP contribution in [0.15, 0.2) is 82.1 Å². The third-order valence-corrected chi connectivity index (χ3v) is 6.06. The average Bonchev–Trinajstić information content (AvgIpc) is 2.74. The Bertz CT molecular complexity index is 1280. The number of carbonyl (C=O) groups is 2. The molecule has 0 heterocycles. The summed E-state index contributed by atoms with van der Waals surface area (Å²) >= 11 is 0. The monoisotopic (exact) mass is 438 g/mol. The number of benzene rings is 3. The predicted molar refractivity (Wildman–Crippen MR) is 115 cm³/mol. The lowest BCUT2D eigenvalue weighted by Crippen LogP contribution is -2.13.